The summed E-state index contributed by atoms with van der Waals surface area (Å²) in [5.74, 6) is 0.664. The van der Waals surface area contributed by atoms with Crippen LogP contribution in [-0.2, 0) is 6.42 Å². The topological polar surface area (TPSA) is 23.5 Å². The molecule has 0 aliphatic rings. The molecule has 2 atom stereocenters. The van der Waals surface area contributed by atoms with Crippen LogP contribution in [0.4, 0.5) is 0 Å². The zero-order valence-electron chi connectivity index (χ0n) is 19.6. The summed E-state index contributed by atoms with van der Waals surface area (Å²) in [6, 6.07) is 16.4. The van der Waals surface area contributed by atoms with Crippen molar-refractivity contribution in [1.29, 1.82) is 0 Å². The van der Waals surface area contributed by atoms with E-state index in [9.17, 15) is 5.11 Å². The molecule has 1 N–H and O–H groups in total. The highest BCUT2D eigenvalue weighted by molar-refractivity contribution is 5.47. The van der Waals surface area contributed by atoms with Crippen LogP contribution in [0.5, 0.6) is 5.75 Å². The Morgan fingerprint density at radius 1 is 0.862 bits per heavy atom. The number of benzene rings is 2. The first-order chi connectivity index (χ1) is 13.8. The van der Waals surface area contributed by atoms with Crippen molar-refractivity contribution >= 4 is 0 Å². The van der Waals surface area contributed by atoms with Gasteiger partial charge in [-0.2, -0.15) is 0 Å². The van der Waals surface area contributed by atoms with Crippen molar-refractivity contribution in [3.63, 3.8) is 0 Å². The lowest BCUT2D eigenvalue weighted by molar-refractivity contribution is 0.123. The molecule has 1 unspecified atom stereocenters. The highest BCUT2D eigenvalue weighted by Crippen LogP contribution is 2.38. The summed E-state index contributed by atoms with van der Waals surface area (Å²) in [4.78, 5) is 2.56. The number of hydrogen-bond donors (Lipinski definition) is 1. The SMILES string of the molecule is CCCCc1cccc(O)c1[C@H](CC)c1cccc(C(C)N(C(C)C)C(C)C)c1. The molecule has 160 valence electrons. The minimum atomic E-state index is 0.224. The number of aromatic hydroxyl groups is 1. The van der Waals surface area contributed by atoms with E-state index in [-0.39, 0.29) is 5.92 Å². The van der Waals surface area contributed by atoms with E-state index in [0.717, 1.165) is 24.8 Å². The molecular formula is C27H41NO. The summed E-state index contributed by atoms with van der Waals surface area (Å²) >= 11 is 0. The number of hydrogen-bond acceptors (Lipinski definition) is 2. The Balaban J connectivity index is 2.45. The molecule has 0 fully saturated rings. The maximum atomic E-state index is 10.8. The molecule has 0 bridgehead atoms. The van der Waals surface area contributed by atoms with Gasteiger partial charge in [0.25, 0.3) is 0 Å². The molecule has 2 aromatic rings. The second-order valence-electron chi connectivity index (χ2n) is 8.90. The summed E-state index contributed by atoms with van der Waals surface area (Å²) in [5, 5.41) is 10.8. The predicted molar refractivity (Wildman–Crippen MR) is 126 cm³/mol. The van der Waals surface area contributed by atoms with Gasteiger partial charge in [0.05, 0.1) is 0 Å². The van der Waals surface area contributed by atoms with Gasteiger partial charge in [-0.3, -0.25) is 4.90 Å². The monoisotopic (exact) mass is 395 g/mol. The van der Waals surface area contributed by atoms with Gasteiger partial charge < -0.3 is 5.11 Å². The Morgan fingerprint density at radius 3 is 2.07 bits per heavy atom. The predicted octanol–water partition coefficient (Wildman–Crippen LogP) is 7.46. The summed E-state index contributed by atoms with van der Waals surface area (Å²) in [5.41, 5.74) is 5.08. The normalized spacial score (nSPS) is 14.0. The van der Waals surface area contributed by atoms with Crippen LogP contribution >= 0.6 is 0 Å². The van der Waals surface area contributed by atoms with Crippen LogP contribution in [0.15, 0.2) is 42.5 Å². The van der Waals surface area contributed by atoms with E-state index in [1.54, 1.807) is 0 Å². The first-order valence-corrected chi connectivity index (χ1v) is 11.5. The number of rotatable bonds is 10. The number of aryl methyl sites for hydroxylation is 1. The summed E-state index contributed by atoms with van der Waals surface area (Å²) < 4.78 is 0. The minimum Gasteiger partial charge on any atom is -0.508 e. The van der Waals surface area contributed by atoms with E-state index < -0.39 is 0 Å². The molecule has 29 heavy (non-hydrogen) atoms. The van der Waals surface area contributed by atoms with E-state index in [0.29, 0.717) is 23.9 Å². The van der Waals surface area contributed by atoms with Crippen molar-refractivity contribution in [2.24, 2.45) is 0 Å². The number of unbranched alkanes of at least 4 members (excludes halogenated alkanes) is 1. The second-order valence-corrected chi connectivity index (χ2v) is 8.90. The van der Waals surface area contributed by atoms with Crippen molar-refractivity contribution in [3.05, 3.63) is 64.7 Å². The Labute approximate surface area is 179 Å². The molecule has 0 amide bonds. The minimum absolute atomic E-state index is 0.224. The molecule has 0 aliphatic carbocycles. The fraction of sp³-hybridized carbons (Fsp3) is 0.556. The first-order valence-electron chi connectivity index (χ1n) is 11.5. The second kappa shape index (κ2) is 10.8. The molecule has 0 spiro atoms. The van der Waals surface area contributed by atoms with Crippen molar-refractivity contribution in [2.45, 2.75) is 98.2 Å². The highest BCUT2D eigenvalue weighted by Gasteiger charge is 2.24. The molecule has 0 aliphatic heterocycles. The molecular weight excluding hydrogens is 354 g/mol. The van der Waals surface area contributed by atoms with Crippen molar-refractivity contribution in [2.75, 3.05) is 0 Å². The van der Waals surface area contributed by atoms with E-state index in [1.165, 1.54) is 23.1 Å². The molecule has 2 heteroatoms. The van der Waals surface area contributed by atoms with Gasteiger partial charge in [0, 0.05) is 29.6 Å². The third-order valence-electron chi connectivity index (χ3n) is 6.17. The molecule has 0 radical (unpaired) electrons. The van der Waals surface area contributed by atoms with Gasteiger partial charge in [-0.15, -0.1) is 0 Å². The lowest BCUT2D eigenvalue weighted by atomic mass is 9.83. The smallest absolute Gasteiger partial charge is 0.119 e. The maximum Gasteiger partial charge on any atom is 0.119 e. The van der Waals surface area contributed by atoms with Gasteiger partial charge in [0.1, 0.15) is 5.75 Å². The van der Waals surface area contributed by atoms with Crippen LogP contribution in [0.25, 0.3) is 0 Å². The Hall–Kier alpha value is -1.80. The van der Waals surface area contributed by atoms with Gasteiger partial charge >= 0.3 is 0 Å². The number of nitrogens with zero attached hydrogens (tertiary/aromatic N) is 1. The van der Waals surface area contributed by atoms with Gasteiger partial charge in [0.15, 0.2) is 0 Å². The Bertz CT molecular complexity index is 757. The average molecular weight is 396 g/mol. The third kappa shape index (κ3) is 5.63. The molecule has 0 saturated carbocycles. The van der Waals surface area contributed by atoms with E-state index in [4.69, 9.17) is 0 Å². The molecule has 0 aromatic heterocycles. The van der Waals surface area contributed by atoms with E-state index >= 15 is 0 Å². The summed E-state index contributed by atoms with van der Waals surface area (Å²) in [7, 11) is 0. The third-order valence-corrected chi connectivity index (χ3v) is 6.17. The fourth-order valence-corrected chi connectivity index (χ4v) is 4.89. The summed E-state index contributed by atoms with van der Waals surface area (Å²) in [6.07, 6.45) is 4.33. The van der Waals surface area contributed by atoms with Gasteiger partial charge in [-0.05, 0) is 76.6 Å². The van der Waals surface area contributed by atoms with Crippen molar-refractivity contribution in [1.82, 2.24) is 4.90 Å². The fourth-order valence-electron chi connectivity index (χ4n) is 4.89. The number of phenolic OH excluding ortho intramolecular Hbond substituents is 1. The molecule has 0 heterocycles. The van der Waals surface area contributed by atoms with Crippen LogP contribution in [0.2, 0.25) is 0 Å². The molecule has 2 nitrogen and oxygen atoms in total. The maximum absolute atomic E-state index is 10.8. The van der Waals surface area contributed by atoms with Gasteiger partial charge in [-0.25, -0.2) is 0 Å². The standard InChI is InChI=1S/C27H41NO/c1-8-10-13-22-14-12-17-26(29)27(22)25(9-2)24-16-11-15-23(18-24)21(7)28(19(3)4)20(5)6/h11-12,14-21,25,29H,8-10,13H2,1-7H3/t21?,25-/m1/s1. The van der Waals surface area contributed by atoms with Crippen LogP contribution in [0, 0.1) is 0 Å². The zero-order chi connectivity index (χ0) is 21.6. The highest BCUT2D eigenvalue weighted by atomic mass is 16.3. The van der Waals surface area contributed by atoms with Crippen molar-refractivity contribution < 1.29 is 5.11 Å². The van der Waals surface area contributed by atoms with Crippen LogP contribution in [0.3, 0.4) is 0 Å². The zero-order valence-corrected chi connectivity index (χ0v) is 19.6. The molecule has 0 saturated heterocycles. The van der Waals surface area contributed by atoms with Gasteiger partial charge in [0.2, 0.25) is 0 Å². The summed E-state index contributed by atoms with van der Waals surface area (Å²) in [6.45, 7) is 15.9. The van der Waals surface area contributed by atoms with E-state index in [1.807, 2.05) is 12.1 Å². The lowest BCUT2D eigenvalue weighted by Crippen LogP contribution is -2.39. The Morgan fingerprint density at radius 2 is 1.48 bits per heavy atom. The largest absolute Gasteiger partial charge is 0.508 e. The van der Waals surface area contributed by atoms with Crippen LogP contribution in [0.1, 0.15) is 102 Å². The first kappa shape index (κ1) is 23.5. The van der Waals surface area contributed by atoms with Crippen LogP contribution in [-0.4, -0.2) is 22.1 Å². The van der Waals surface area contributed by atoms with Crippen molar-refractivity contribution in [3.8, 4) is 5.75 Å². The van der Waals surface area contributed by atoms with E-state index in [2.05, 4.69) is 83.7 Å². The quantitative estimate of drug-likeness (QED) is 0.451. The Kier molecular flexibility index (Phi) is 8.77. The number of phenols is 1. The van der Waals surface area contributed by atoms with Crippen LogP contribution < -0.4 is 0 Å². The molecule has 2 aromatic carbocycles. The average Bonchev–Trinajstić information content (AvgIpc) is 2.68. The van der Waals surface area contributed by atoms with Gasteiger partial charge in [-0.1, -0.05) is 56.7 Å². The molecule has 2 rings (SSSR count). The lowest BCUT2D eigenvalue weighted by Gasteiger charge is -2.37.